The molecule has 0 amide bonds. The number of para-hydroxylation sites is 1. The Balaban J connectivity index is 1.84. The fourth-order valence-electron chi connectivity index (χ4n) is 2.20. The molecule has 0 fully saturated rings. The predicted octanol–water partition coefficient (Wildman–Crippen LogP) is 4.33. The van der Waals surface area contributed by atoms with E-state index in [-0.39, 0.29) is 5.97 Å². The summed E-state index contributed by atoms with van der Waals surface area (Å²) in [5.74, 6) is 0.221. The van der Waals surface area contributed by atoms with E-state index >= 15 is 0 Å². The molecule has 0 unspecified atom stereocenters. The van der Waals surface area contributed by atoms with Gasteiger partial charge in [-0.2, -0.15) is 0 Å². The summed E-state index contributed by atoms with van der Waals surface area (Å²) in [5, 5.41) is 1.12. The van der Waals surface area contributed by atoms with E-state index in [1.165, 1.54) is 6.92 Å². The summed E-state index contributed by atoms with van der Waals surface area (Å²) in [4.78, 5) is 15.6. The molecule has 0 aliphatic carbocycles. The van der Waals surface area contributed by atoms with Gasteiger partial charge < -0.3 is 4.74 Å². The quantitative estimate of drug-likeness (QED) is 0.532. The lowest BCUT2D eigenvalue weighted by atomic mass is 10.1. The van der Waals surface area contributed by atoms with Crippen molar-refractivity contribution >= 4 is 29.0 Å². The van der Waals surface area contributed by atoms with Gasteiger partial charge in [0.1, 0.15) is 5.75 Å². The maximum Gasteiger partial charge on any atom is 0.308 e. The molecule has 2 aromatic carbocycles. The number of aromatic nitrogens is 1. The molecule has 0 atom stereocenters. The van der Waals surface area contributed by atoms with Crippen LogP contribution in [0.3, 0.4) is 0 Å². The maximum atomic E-state index is 11.0. The Labute approximate surface area is 128 Å². The Morgan fingerprint density at radius 3 is 2.73 bits per heavy atom. The minimum Gasteiger partial charge on any atom is -0.427 e. The SMILES string of the molecule is CC(=O)Oc1cccc(C=Cc2ccc3ccccc3n2)c1. The molecule has 3 aromatic rings. The van der Waals surface area contributed by atoms with Gasteiger partial charge in [-0.3, -0.25) is 4.79 Å². The van der Waals surface area contributed by atoms with E-state index in [2.05, 4.69) is 11.1 Å². The molecule has 0 saturated heterocycles. The van der Waals surface area contributed by atoms with Gasteiger partial charge in [0, 0.05) is 12.3 Å². The van der Waals surface area contributed by atoms with Crippen molar-refractivity contribution in [3.8, 4) is 5.75 Å². The van der Waals surface area contributed by atoms with Crippen LogP contribution in [0.25, 0.3) is 23.1 Å². The van der Waals surface area contributed by atoms with Gasteiger partial charge in [0.25, 0.3) is 0 Å². The highest BCUT2D eigenvalue weighted by Crippen LogP contribution is 2.17. The second-order valence-electron chi connectivity index (χ2n) is 4.93. The van der Waals surface area contributed by atoms with Crippen LogP contribution in [-0.2, 0) is 4.79 Å². The predicted molar refractivity (Wildman–Crippen MR) is 88.4 cm³/mol. The van der Waals surface area contributed by atoms with Crippen molar-refractivity contribution in [1.29, 1.82) is 0 Å². The van der Waals surface area contributed by atoms with Crippen molar-refractivity contribution in [1.82, 2.24) is 4.98 Å². The normalized spacial score (nSPS) is 11.0. The van der Waals surface area contributed by atoms with Crippen molar-refractivity contribution < 1.29 is 9.53 Å². The Bertz CT molecular complexity index is 853. The number of nitrogens with zero attached hydrogens (tertiary/aromatic N) is 1. The highest BCUT2D eigenvalue weighted by molar-refractivity contribution is 5.81. The van der Waals surface area contributed by atoms with Gasteiger partial charge >= 0.3 is 5.97 Å². The van der Waals surface area contributed by atoms with Crippen LogP contribution in [0, 0.1) is 0 Å². The number of hydrogen-bond donors (Lipinski definition) is 0. The lowest BCUT2D eigenvalue weighted by Crippen LogP contribution is -2.00. The number of rotatable bonds is 3. The first-order valence-corrected chi connectivity index (χ1v) is 7.03. The number of esters is 1. The van der Waals surface area contributed by atoms with Gasteiger partial charge in [-0.05, 0) is 35.9 Å². The second kappa shape index (κ2) is 6.22. The summed E-state index contributed by atoms with van der Waals surface area (Å²) in [6.45, 7) is 1.39. The first-order chi connectivity index (χ1) is 10.7. The number of hydrogen-bond acceptors (Lipinski definition) is 3. The largest absolute Gasteiger partial charge is 0.427 e. The van der Waals surface area contributed by atoms with Crippen molar-refractivity contribution in [2.24, 2.45) is 0 Å². The summed E-state index contributed by atoms with van der Waals surface area (Å²) in [6, 6.07) is 19.4. The number of benzene rings is 2. The molecule has 3 rings (SSSR count). The van der Waals surface area contributed by atoms with Gasteiger partial charge in [-0.15, -0.1) is 0 Å². The molecule has 0 N–H and O–H groups in total. The summed E-state index contributed by atoms with van der Waals surface area (Å²) in [7, 11) is 0. The van der Waals surface area contributed by atoms with Crippen LogP contribution < -0.4 is 4.74 Å². The summed E-state index contributed by atoms with van der Waals surface area (Å²) < 4.78 is 5.08. The first kappa shape index (κ1) is 14.0. The minimum absolute atomic E-state index is 0.322. The zero-order chi connectivity index (χ0) is 15.4. The first-order valence-electron chi connectivity index (χ1n) is 7.03. The summed E-state index contributed by atoms with van der Waals surface area (Å²) >= 11 is 0. The zero-order valence-corrected chi connectivity index (χ0v) is 12.2. The van der Waals surface area contributed by atoms with Crippen LogP contribution in [0.2, 0.25) is 0 Å². The number of carbonyl (C=O) groups is 1. The molecule has 0 aliphatic heterocycles. The summed E-state index contributed by atoms with van der Waals surface area (Å²) in [5.41, 5.74) is 2.81. The average Bonchev–Trinajstić information content (AvgIpc) is 2.52. The second-order valence-corrected chi connectivity index (χ2v) is 4.93. The molecular weight excluding hydrogens is 274 g/mol. The third-order valence-electron chi connectivity index (χ3n) is 3.19. The highest BCUT2D eigenvalue weighted by Gasteiger charge is 1.98. The van der Waals surface area contributed by atoms with Crippen LogP contribution in [0.5, 0.6) is 5.75 Å². The number of ether oxygens (including phenoxy) is 1. The Morgan fingerprint density at radius 2 is 1.86 bits per heavy atom. The zero-order valence-electron chi connectivity index (χ0n) is 12.2. The molecule has 22 heavy (non-hydrogen) atoms. The molecular formula is C19H15NO2. The average molecular weight is 289 g/mol. The molecule has 0 saturated carbocycles. The Kier molecular flexibility index (Phi) is 3.97. The molecule has 0 radical (unpaired) electrons. The smallest absolute Gasteiger partial charge is 0.308 e. The monoisotopic (exact) mass is 289 g/mol. The minimum atomic E-state index is -0.322. The van der Waals surface area contributed by atoms with E-state index in [0.717, 1.165) is 22.2 Å². The third kappa shape index (κ3) is 3.38. The number of fused-ring (bicyclic) bond motifs is 1. The molecule has 1 aromatic heterocycles. The lowest BCUT2D eigenvalue weighted by Gasteiger charge is -2.02. The van der Waals surface area contributed by atoms with Gasteiger partial charge in [0.2, 0.25) is 0 Å². The lowest BCUT2D eigenvalue weighted by molar-refractivity contribution is -0.131. The van der Waals surface area contributed by atoms with E-state index in [1.807, 2.05) is 60.7 Å². The highest BCUT2D eigenvalue weighted by atomic mass is 16.5. The summed E-state index contributed by atoms with van der Waals surface area (Å²) in [6.07, 6.45) is 3.89. The van der Waals surface area contributed by atoms with Gasteiger partial charge in [0.05, 0.1) is 11.2 Å². The fraction of sp³-hybridized carbons (Fsp3) is 0.0526. The van der Waals surface area contributed by atoms with Gasteiger partial charge in [0.15, 0.2) is 0 Å². The van der Waals surface area contributed by atoms with Crippen LogP contribution >= 0.6 is 0 Å². The van der Waals surface area contributed by atoms with Crippen LogP contribution in [-0.4, -0.2) is 11.0 Å². The topological polar surface area (TPSA) is 39.2 Å². The van der Waals surface area contributed by atoms with Gasteiger partial charge in [-0.1, -0.05) is 42.5 Å². The van der Waals surface area contributed by atoms with Crippen molar-refractivity contribution in [2.45, 2.75) is 6.92 Å². The number of carbonyl (C=O) groups excluding carboxylic acids is 1. The van der Waals surface area contributed by atoms with Crippen molar-refractivity contribution in [2.75, 3.05) is 0 Å². The standard InChI is InChI=1S/C19H15NO2/c1-14(21)22-18-7-4-5-15(13-18)9-11-17-12-10-16-6-2-3-8-19(16)20-17/h2-13H,1H3. The van der Waals surface area contributed by atoms with Crippen LogP contribution in [0.1, 0.15) is 18.2 Å². The van der Waals surface area contributed by atoms with Gasteiger partial charge in [-0.25, -0.2) is 4.98 Å². The van der Waals surface area contributed by atoms with E-state index in [1.54, 1.807) is 6.07 Å². The molecule has 3 heteroatoms. The van der Waals surface area contributed by atoms with E-state index < -0.39 is 0 Å². The molecule has 0 aliphatic rings. The van der Waals surface area contributed by atoms with E-state index in [9.17, 15) is 4.79 Å². The molecule has 0 bridgehead atoms. The fourth-order valence-corrected chi connectivity index (χ4v) is 2.20. The molecule has 108 valence electrons. The van der Waals surface area contributed by atoms with Crippen molar-refractivity contribution in [3.05, 3.63) is 71.9 Å². The third-order valence-corrected chi connectivity index (χ3v) is 3.19. The molecule has 3 nitrogen and oxygen atoms in total. The Hall–Kier alpha value is -2.94. The Morgan fingerprint density at radius 1 is 1.00 bits per heavy atom. The molecule has 1 heterocycles. The van der Waals surface area contributed by atoms with Crippen LogP contribution in [0.4, 0.5) is 0 Å². The van der Waals surface area contributed by atoms with Crippen LogP contribution in [0.15, 0.2) is 60.7 Å². The van der Waals surface area contributed by atoms with Crippen molar-refractivity contribution in [3.63, 3.8) is 0 Å². The number of pyridine rings is 1. The maximum absolute atomic E-state index is 11.0. The molecule has 0 spiro atoms. The van der Waals surface area contributed by atoms with E-state index in [4.69, 9.17) is 4.74 Å². The van der Waals surface area contributed by atoms with E-state index in [0.29, 0.717) is 5.75 Å².